The van der Waals surface area contributed by atoms with Gasteiger partial charge in [0.1, 0.15) is 12.3 Å². The molecule has 8 unspecified atom stereocenters. The lowest BCUT2D eigenvalue weighted by Crippen LogP contribution is -2.68. The van der Waals surface area contributed by atoms with Crippen molar-refractivity contribution in [2.75, 3.05) is 32.8 Å². The van der Waals surface area contributed by atoms with Crippen LogP contribution in [0.1, 0.15) is 6.92 Å². The van der Waals surface area contributed by atoms with Crippen LogP contribution < -0.4 is 37.9 Å². The average Bonchev–Trinajstić information content (AvgIpc) is 3.17. The van der Waals surface area contributed by atoms with Crippen LogP contribution >= 0.6 is 0 Å². The first-order valence-electron chi connectivity index (χ1n) is 9.52. The third-order valence-electron chi connectivity index (χ3n) is 5.84. The lowest BCUT2D eigenvalue weighted by atomic mass is 9.95. The van der Waals surface area contributed by atoms with Gasteiger partial charge in [0.2, 0.25) is 5.91 Å². The molecule has 4 fully saturated rings. The van der Waals surface area contributed by atoms with Crippen LogP contribution in [0.15, 0.2) is 0 Å². The van der Waals surface area contributed by atoms with Crippen molar-refractivity contribution in [1.82, 2.24) is 42.1 Å². The van der Waals surface area contributed by atoms with Crippen molar-refractivity contribution in [2.24, 2.45) is 11.7 Å². The van der Waals surface area contributed by atoms with Crippen LogP contribution in [0.2, 0.25) is 0 Å². The number of fused-ring (bicyclic) bond motifs is 1. The Bertz CT molecular complexity index is 557. The zero-order chi connectivity index (χ0) is 19.1. The Hall–Kier alpha value is -0.990. The third kappa shape index (κ3) is 3.68. The van der Waals surface area contributed by atoms with E-state index in [0.717, 1.165) is 0 Å². The SMILES string of the molecule is CC1NCNN1C1C(F)CNCC1NC(=O)C1C(N)NN2CC(F)CNC12. The highest BCUT2D eigenvalue weighted by Gasteiger charge is 2.49. The standard InChI is InChI=1S/C15H29F2N9O/c1-7-21-6-22-26(7)12-9(17)3-19-4-10(12)23-15(27)11-13(18)24-25-5-8(16)2-20-14(11)25/h7-14,19-22,24H,2-6,18H2,1H3,(H,23,27). The molecule has 12 heteroatoms. The van der Waals surface area contributed by atoms with Gasteiger partial charge in [0.25, 0.3) is 0 Å². The summed E-state index contributed by atoms with van der Waals surface area (Å²) in [6.45, 7) is 3.56. The second-order valence-corrected chi connectivity index (χ2v) is 7.69. The van der Waals surface area contributed by atoms with Crippen molar-refractivity contribution in [3.63, 3.8) is 0 Å². The minimum Gasteiger partial charge on any atom is -0.350 e. The molecule has 4 aliphatic rings. The second kappa shape index (κ2) is 7.79. The number of piperidine rings is 1. The quantitative estimate of drug-likeness (QED) is 0.263. The number of nitrogens with zero attached hydrogens (tertiary/aromatic N) is 2. The van der Waals surface area contributed by atoms with E-state index in [9.17, 15) is 13.6 Å². The summed E-state index contributed by atoms with van der Waals surface area (Å²) in [6.07, 6.45) is -3.20. The van der Waals surface area contributed by atoms with Crippen molar-refractivity contribution in [3.8, 4) is 0 Å². The van der Waals surface area contributed by atoms with Crippen LogP contribution in [0.5, 0.6) is 0 Å². The van der Waals surface area contributed by atoms with Crippen molar-refractivity contribution in [3.05, 3.63) is 0 Å². The molecule has 0 spiro atoms. The van der Waals surface area contributed by atoms with E-state index in [4.69, 9.17) is 5.73 Å². The molecule has 8 atom stereocenters. The normalized spacial score (nSPS) is 46.4. The number of halogens is 2. The number of hydrazine groups is 2. The largest absolute Gasteiger partial charge is 0.350 e. The highest BCUT2D eigenvalue weighted by Crippen LogP contribution is 2.23. The van der Waals surface area contributed by atoms with E-state index in [1.54, 1.807) is 5.01 Å². The number of hydrogen-bond donors (Lipinski definition) is 7. The van der Waals surface area contributed by atoms with Gasteiger partial charge in [-0.05, 0) is 6.92 Å². The molecule has 0 radical (unpaired) electrons. The minimum absolute atomic E-state index is 0.0434. The highest BCUT2D eigenvalue weighted by molar-refractivity contribution is 5.81. The fraction of sp³-hybridized carbons (Fsp3) is 0.933. The predicted octanol–water partition coefficient (Wildman–Crippen LogP) is -3.52. The van der Waals surface area contributed by atoms with Crippen LogP contribution in [0.3, 0.4) is 0 Å². The number of alkyl halides is 2. The number of nitrogens with one attached hydrogen (secondary N) is 6. The van der Waals surface area contributed by atoms with Gasteiger partial charge >= 0.3 is 0 Å². The van der Waals surface area contributed by atoms with Crippen LogP contribution in [0, 0.1) is 5.92 Å². The Balaban J connectivity index is 1.46. The van der Waals surface area contributed by atoms with Gasteiger partial charge in [-0.15, -0.1) is 0 Å². The van der Waals surface area contributed by atoms with E-state index in [2.05, 4.69) is 32.1 Å². The van der Waals surface area contributed by atoms with Gasteiger partial charge in [-0.25, -0.2) is 29.7 Å². The van der Waals surface area contributed by atoms with E-state index < -0.39 is 36.5 Å². The molecule has 0 aromatic heterocycles. The molecular weight excluding hydrogens is 360 g/mol. The summed E-state index contributed by atoms with van der Waals surface area (Å²) in [4.78, 5) is 13.0. The molecule has 0 aromatic carbocycles. The topological polar surface area (TPSA) is 122 Å². The van der Waals surface area contributed by atoms with Crippen molar-refractivity contribution >= 4 is 5.91 Å². The molecule has 4 saturated heterocycles. The minimum atomic E-state index is -1.13. The average molecular weight is 389 g/mol. The maximum atomic E-state index is 14.7. The Morgan fingerprint density at radius 2 is 2.04 bits per heavy atom. The smallest absolute Gasteiger partial charge is 0.229 e. The molecule has 0 bridgehead atoms. The fourth-order valence-electron chi connectivity index (χ4n) is 4.52. The number of rotatable bonds is 3. The summed E-state index contributed by atoms with van der Waals surface area (Å²) in [5.41, 5.74) is 12.2. The zero-order valence-electron chi connectivity index (χ0n) is 15.3. The summed E-state index contributed by atoms with van der Waals surface area (Å²) >= 11 is 0. The Labute approximate surface area is 156 Å². The molecule has 10 nitrogen and oxygen atoms in total. The molecule has 4 heterocycles. The number of nitrogens with two attached hydrogens (primary N) is 1. The van der Waals surface area contributed by atoms with E-state index in [0.29, 0.717) is 13.2 Å². The molecule has 27 heavy (non-hydrogen) atoms. The van der Waals surface area contributed by atoms with Gasteiger partial charge in [0.05, 0.1) is 43.2 Å². The summed E-state index contributed by atoms with van der Waals surface area (Å²) in [6, 6.07) is -0.925. The highest BCUT2D eigenvalue weighted by atomic mass is 19.1. The van der Waals surface area contributed by atoms with E-state index in [1.165, 1.54) is 0 Å². The summed E-state index contributed by atoms with van der Waals surface area (Å²) in [5, 5.41) is 15.7. The molecule has 4 rings (SSSR count). The molecule has 154 valence electrons. The first-order chi connectivity index (χ1) is 13.0. The maximum absolute atomic E-state index is 14.7. The van der Waals surface area contributed by atoms with Crippen molar-refractivity contribution in [2.45, 2.75) is 49.8 Å². The van der Waals surface area contributed by atoms with Gasteiger partial charge in [0, 0.05) is 26.2 Å². The Kier molecular flexibility index (Phi) is 5.58. The summed E-state index contributed by atoms with van der Waals surface area (Å²) < 4.78 is 28.3. The van der Waals surface area contributed by atoms with E-state index in [-0.39, 0.29) is 37.9 Å². The Morgan fingerprint density at radius 1 is 1.22 bits per heavy atom. The Morgan fingerprint density at radius 3 is 2.78 bits per heavy atom. The number of hydrogen-bond acceptors (Lipinski definition) is 9. The summed E-state index contributed by atoms with van der Waals surface area (Å²) in [7, 11) is 0. The number of carbonyl (C=O) groups is 1. The molecule has 8 N–H and O–H groups in total. The van der Waals surface area contributed by atoms with Gasteiger partial charge in [-0.1, -0.05) is 0 Å². The fourth-order valence-corrected chi connectivity index (χ4v) is 4.52. The molecule has 0 aromatic rings. The van der Waals surface area contributed by atoms with E-state index >= 15 is 0 Å². The zero-order valence-corrected chi connectivity index (χ0v) is 15.3. The number of carbonyl (C=O) groups excluding carboxylic acids is 1. The molecule has 0 aliphatic carbocycles. The van der Waals surface area contributed by atoms with E-state index in [1.807, 2.05) is 11.9 Å². The first kappa shape index (κ1) is 19.3. The molecular formula is C15H29F2N9O. The van der Waals surface area contributed by atoms with Crippen LogP contribution in [-0.4, -0.2) is 91.7 Å². The maximum Gasteiger partial charge on any atom is 0.229 e. The van der Waals surface area contributed by atoms with Crippen molar-refractivity contribution in [1.29, 1.82) is 0 Å². The number of amides is 1. The van der Waals surface area contributed by atoms with Crippen molar-refractivity contribution < 1.29 is 13.6 Å². The van der Waals surface area contributed by atoms with Gasteiger partial charge in [0.15, 0.2) is 0 Å². The monoisotopic (exact) mass is 389 g/mol. The lowest BCUT2D eigenvalue weighted by Gasteiger charge is -2.42. The van der Waals surface area contributed by atoms with Crippen LogP contribution in [0.25, 0.3) is 0 Å². The first-order valence-corrected chi connectivity index (χ1v) is 9.52. The molecule has 1 amide bonds. The molecule has 0 saturated carbocycles. The van der Waals surface area contributed by atoms with Gasteiger partial charge in [-0.3, -0.25) is 15.4 Å². The molecule has 4 aliphatic heterocycles. The summed E-state index contributed by atoms with van der Waals surface area (Å²) in [5.74, 6) is -0.863. The third-order valence-corrected chi connectivity index (χ3v) is 5.84. The lowest BCUT2D eigenvalue weighted by molar-refractivity contribution is -0.128. The predicted molar refractivity (Wildman–Crippen MR) is 93.9 cm³/mol. The van der Waals surface area contributed by atoms with Gasteiger partial charge in [-0.2, -0.15) is 0 Å². The van der Waals surface area contributed by atoms with Crippen LogP contribution in [0.4, 0.5) is 8.78 Å². The second-order valence-electron chi connectivity index (χ2n) is 7.69. The van der Waals surface area contributed by atoms with Crippen LogP contribution in [-0.2, 0) is 4.79 Å². The van der Waals surface area contributed by atoms with Gasteiger partial charge < -0.3 is 16.4 Å².